The molecule has 0 spiro atoms. The van der Waals surface area contributed by atoms with Gasteiger partial charge in [0, 0.05) is 0 Å². The van der Waals surface area contributed by atoms with E-state index in [1.165, 1.54) is 57.8 Å². The van der Waals surface area contributed by atoms with Gasteiger partial charge in [-0.1, -0.05) is 20.3 Å². The zero-order valence-electron chi connectivity index (χ0n) is 29.3. The molecular formula is C39H74OSn. The fraction of sp³-hybridized carbons (Fsp3) is 0.949. The fourth-order valence-corrected chi connectivity index (χ4v) is 30.5. The predicted molar refractivity (Wildman–Crippen MR) is 185 cm³/mol. The molecule has 0 aromatic carbocycles. The Hall–Kier alpha value is 0.499. The molecule has 0 aromatic rings. The molecule has 8 atom stereocenters. The van der Waals surface area contributed by atoms with E-state index in [9.17, 15) is 0 Å². The van der Waals surface area contributed by atoms with Crippen LogP contribution in [-0.4, -0.2) is 23.9 Å². The van der Waals surface area contributed by atoms with Crippen molar-refractivity contribution in [3.8, 4) is 0 Å². The first-order valence-electron chi connectivity index (χ1n) is 18.8. The van der Waals surface area contributed by atoms with E-state index in [2.05, 4.69) is 61.5 Å². The van der Waals surface area contributed by atoms with Crippen LogP contribution in [0.2, 0.25) is 17.2 Å². The monoisotopic (exact) mass is 678 g/mol. The molecule has 4 unspecified atom stereocenters. The summed E-state index contributed by atoms with van der Waals surface area (Å²) < 4.78 is 6.29. The zero-order valence-corrected chi connectivity index (χ0v) is 32.1. The molecule has 41 heavy (non-hydrogen) atoms. The average molecular weight is 678 g/mol. The van der Waals surface area contributed by atoms with Crippen molar-refractivity contribution in [3.05, 3.63) is 11.6 Å². The Kier molecular flexibility index (Phi) is 13.7. The summed E-state index contributed by atoms with van der Waals surface area (Å²) in [6.07, 6.45) is 28.5. The molecule has 0 aromatic heterocycles. The van der Waals surface area contributed by atoms with Gasteiger partial charge in [0.1, 0.15) is 0 Å². The molecule has 3 fully saturated rings. The van der Waals surface area contributed by atoms with E-state index >= 15 is 0 Å². The molecule has 2 N–H and O–H groups in total. The van der Waals surface area contributed by atoms with Crippen LogP contribution in [0.25, 0.3) is 0 Å². The molecule has 4 rings (SSSR count). The summed E-state index contributed by atoms with van der Waals surface area (Å²) in [5, 5.41) is 0. The zero-order chi connectivity index (χ0) is 29.0. The second kappa shape index (κ2) is 15.7. The normalized spacial score (nSPS) is 35.7. The maximum Gasteiger partial charge on any atom is -0.412 e. The van der Waals surface area contributed by atoms with Crippen molar-refractivity contribution in [3.63, 3.8) is 0 Å². The van der Waals surface area contributed by atoms with Gasteiger partial charge in [-0.05, 0) is 5.92 Å². The SMILES string of the molecule is CCC[CH2][Sn]([CH2]CCC)([CH2]CCC)[CH]1CC[C@@]2(C)C(=CCC3C2CC[C@@]2(C)C3CC[C@@H]2[C@H](C)CCCC(C)C)C1.O. The second-order valence-electron chi connectivity index (χ2n) is 16.9. The summed E-state index contributed by atoms with van der Waals surface area (Å²) in [6, 6.07) is 0. The summed E-state index contributed by atoms with van der Waals surface area (Å²) in [5.41, 5.74) is 3.17. The van der Waals surface area contributed by atoms with Crippen LogP contribution in [0.1, 0.15) is 165 Å². The Labute approximate surface area is 262 Å². The van der Waals surface area contributed by atoms with E-state index in [0.717, 1.165) is 39.4 Å². The van der Waals surface area contributed by atoms with E-state index in [1.54, 1.807) is 64.7 Å². The molecule has 240 valence electrons. The molecule has 1 nitrogen and oxygen atoms in total. The van der Waals surface area contributed by atoms with Crippen LogP contribution in [0.4, 0.5) is 0 Å². The number of allylic oxidation sites excluding steroid dienone is 2. The Bertz CT molecular complexity index is 795. The van der Waals surface area contributed by atoms with Gasteiger partial charge in [0.05, 0.1) is 0 Å². The Morgan fingerprint density at radius 3 is 2.00 bits per heavy atom. The van der Waals surface area contributed by atoms with Crippen molar-refractivity contribution >= 4 is 18.4 Å². The average Bonchev–Trinajstić information content (AvgIpc) is 3.29. The van der Waals surface area contributed by atoms with E-state index in [1.807, 2.05) is 5.57 Å². The van der Waals surface area contributed by atoms with Gasteiger partial charge in [-0.2, -0.15) is 0 Å². The van der Waals surface area contributed by atoms with Gasteiger partial charge in [-0.15, -0.1) is 0 Å². The summed E-state index contributed by atoms with van der Waals surface area (Å²) in [5.74, 6) is 5.78. The number of rotatable bonds is 15. The molecule has 4 aliphatic rings. The molecule has 0 aliphatic heterocycles. The molecular weight excluding hydrogens is 603 g/mol. The minimum Gasteiger partial charge on any atom is -0.412 e. The van der Waals surface area contributed by atoms with Crippen molar-refractivity contribution in [2.24, 2.45) is 46.3 Å². The molecule has 0 saturated heterocycles. The first-order chi connectivity index (χ1) is 19.1. The smallest absolute Gasteiger partial charge is 0.412 e. The molecule has 0 radical (unpaired) electrons. The number of fused-ring (bicyclic) bond motifs is 5. The molecule has 0 bridgehead atoms. The van der Waals surface area contributed by atoms with Crippen LogP contribution in [-0.2, 0) is 0 Å². The third-order valence-electron chi connectivity index (χ3n) is 14.3. The molecule has 2 heteroatoms. The summed E-state index contributed by atoms with van der Waals surface area (Å²) in [6.45, 7) is 20.4. The number of hydrogen-bond acceptors (Lipinski definition) is 0. The van der Waals surface area contributed by atoms with Crippen molar-refractivity contribution in [2.75, 3.05) is 0 Å². The summed E-state index contributed by atoms with van der Waals surface area (Å²) >= 11 is -2.17. The van der Waals surface area contributed by atoms with Crippen LogP contribution in [0.3, 0.4) is 0 Å². The van der Waals surface area contributed by atoms with Crippen molar-refractivity contribution in [1.82, 2.24) is 0 Å². The van der Waals surface area contributed by atoms with Gasteiger partial charge in [0.2, 0.25) is 0 Å². The van der Waals surface area contributed by atoms with E-state index in [4.69, 9.17) is 0 Å². The second-order valence-corrected chi connectivity index (χ2v) is 31.3. The van der Waals surface area contributed by atoms with Crippen molar-refractivity contribution in [2.45, 2.75) is 182 Å². The first kappa shape index (κ1) is 36.0. The van der Waals surface area contributed by atoms with E-state index in [0.29, 0.717) is 10.8 Å². The quantitative estimate of drug-likeness (QED) is 0.122. The van der Waals surface area contributed by atoms with Crippen LogP contribution in [0, 0.1) is 46.3 Å². The predicted octanol–water partition coefficient (Wildman–Crippen LogP) is 12.4. The maximum absolute atomic E-state index is 2.91. The first-order valence-corrected chi connectivity index (χ1v) is 26.5. The molecule has 0 amide bonds. The largest absolute Gasteiger partial charge is 0.412 e. The minimum absolute atomic E-state index is 0. The van der Waals surface area contributed by atoms with Crippen LogP contribution in [0.5, 0.6) is 0 Å². The molecule has 0 heterocycles. The van der Waals surface area contributed by atoms with Gasteiger partial charge in [-0.3, -0.25) is 0 Å². The third-order valence-corrected chi connectivity index (χ3v) is 32.2. The topological polar surface area (TPSA) is 31.5 Å². The van der Waals surface area contributed by atoms with E-state index < -0.39 is 18.4 Å². The number of hydrogen-bond donors (Lipinski definition) is 0. The van der Waals surface area contributed by atoms with E-state index in [-0.39, 0.29) is 5.48 Å². The Morgan fingerprint density at radius 1 is 0.780 bits per heavy atom. The maximum atomic E-state index is 2.91. The standard InChI is InChI=1S/C27H45.3C4H9.H2O.Sn/c1-19(2)9-8-10-20(3)23-14-15-24-22-13-12-21-11-6-7-17-26(21,4)25(22)16-18-27(23,24)5;3*1-3-4-2;;/h6,12,19-20,22-25H,7-11,13-18H2,1-5H3;3*1,3-4H2,2H3;1H2;/t20-,22?,23-,24?,25?,26+,27-;;;;;/m1...../s1. The van der Waals surface area contributed by atoms with Gasteiger partial charge in [0.25, 0.3) is 0 Å². The Morgan fingerprint density at radius 2 is 1.41 bits per heavy atom. The van der Waals surface area contributed by atoms with Gasteiger partial charge in [0.15, 0.2) is 0 Å². The van der Waals surface area contributed by atoms with Gasteiger partial charge >= 0.3 is 232 Å². The fourth-order valence-electron chi connectivity index (χ4n) is 11.8. The molecule has 4 aliphatic carbocycles. The van der Waals surface area contributed by atoms with Crippen molar-refractivity contribution < 1.29 is 5.48 Å². The van der Waals surface area contributed by atoms with Crippen molar-refractivity contribution in [1.29, 1.82) is 0 Å². The molecule has 3 saturated carbocycles. The van der Waals surface area contributed by atoms with Gasteiger partial charge < -0.3 is 5.48 Å². The summed E-state index contributed by atoms with van der Waals surface area (Å²) in [7, 11) is 0. The van der Waals surface area contributed by atoms with Crippen LogP contribution >= 0.6 is 0 Å². The number of unbranched alkanes of at least 4 members (excludes halogenated alkanes) is 3. The Balaban J connectivity index is 0.00000462. The van der Waals surface area contributed by atoms with Crippen LogP contribution < -0.4 is 0 Å². The van der Waals surface area contributed by atoms with Crippen LogP contribution in [0.15, 0.2) is 11.6 Å². The van der Waals surface area contributed by atoms with Gasteiger partial charge in [-0.25, -0.2) is 0 Å². The summed E-state index contributed by atoms with van der Waals surface area (Å²) in [4.78, 5) is 0. The third kappa shape index (κ3) is 7.49. The minimum atomic E-state index is -2.17.